The molecule has 0 fully saturated rings. The number of nitro benzene ring substituents is 1. The maximum Gasteiger partial charge on any atom is 0.408 e. The van der Waals surface area contributed by atoms with Crippen molar-refractivity contribution in [3.63, 3.8) is 0 Å². The molecule has 2 aromatic rings. The van der Waals surface area contributed by atoms with Gasteiger partial charge in [-0.1, -0.05) is 42.5 Å². The summed E-state index contributed by atoms with van der Waals surface area (Å²) in [6.45, 7) is -0.0614. The number of para-hydroxylation sites is 1. The third-order valence-electron chi connectivity index (χ3n) is 4.17. The first kappa shape index (κ1) is 22.2. The van der Waals surface area contributed by atoms with Crippen LogP contribution in [-0.4, -0.2) is 50.4 Å². The standard InChI is InChI=1S/C19H20N2O7S/c1-28-18(22)16(20(19(23)24)13-14-7-3-2-4-8-14)11-12-29(27)17-10-6-5-9-15(17)21(25)26/h2-10,16H,11-13H2,1H3,(H,23,24)/t16-,29?/m0/s1. The first-order valence-electron chi connectivity index (χ1n) is 8.58. The summed E-state index contributed by atoms with van der Waals surface area (Å²) < 4.78 is 17.4. The molecule has 0 bridgehead atoms. The fourth-order valence-corrected chi connectivity index (χ4v) is 4.02. The molecule has 0 saturated heterocycles. The Hall–Kier alpha value is -3.11. The number of carbonyl (C=O) groups excluding carboxylic acids is 1. The molecule has 29 heavy (non-hydrogen) atoms. The second kappa shape index (κ2) is 10.4. The van der Waals surface area contributed by atoms with Gasteiger partial charge in [0, 0.05) is 25.1 Å². The predicted octanol–water partition coefficient (Wildman–Crippen LogP) is 2.81. The van der Waals surface area contributed by atoms with Crippen molar-refractivity contribution in [3.05, 3.63) is 70.3 Å². The summed E-state index contributed by atoms with van der Waals surface area (Å²) in [5, 5.41) is 20.7. The van der Waals surface area contributed by atoms with Crippen molar-refractivity contribution >= 4 is 28.9 Å². The molecule has 1 N–H and O–H groups in total. The molecule has 2 aromatic carbocycles. The van der Waals surface area contributed by atoms with E-state index in [1.807, 2.05) is 0 Å². The lowest BCUT2D eigenvalue weighted by Crippen LogP contribution is -2.45. The van der Waals surface area contributed by atoms with Crippen LogP contribution >= 0.6 is 0 Å². The highest BCUT2D eigenvalue weighted by molar-refractivity contribution is 7.91. The van der Waals surface area contributed by atoms with Crippen LogP contribution in [-0.2, 0) is 27.3 Å². The first-order valence-corrected chi connectivity index (χ1v) is 9.90. The number of methoxy groups -OCH3 is 1. The van der Waals surface area contributed by atoms with Gasteiger partial charge in [0.25, 0.3) is 0 Å². The fourth-order valence-electron chi connectivity index (χ4n) is 2.76. The molecule has 0 radical (unpaired) electrons. The third-order valence-corrected chi connectivity index (χ3v) is 5.62. The van der Waals surface area contributed by atoms with Gasteiger partial charge in [0.15, 0.2) is 0 Å². The van der Waals surface area contributed by atoms with Gasteiger partial charge in [-0.2, -0.15) is 0 Å². The average Bonchev–Trinajstić information content (AvgIpc) is 2.73. The molecule has 0 spiro atoms. The topological polar surface area (TPSA) is 133 Å². The average molecular weight is 420 g/mol. The largest absolute Gasteiger partial charge is 0.611 e. The van der Waals surface area contributed by atoms with Crippen molar-refractivity contribution in [1.29, 1.82) is 0 Å². The lowest BCUT2D eigenvalue weighted by atomic mass is 10.1. The number of ether oxygens (including phenoxy) is 1. The number of hydrogen-bond donors (Lipinski definition) is 1. The number of esters is 1. The van der Waals surface area contributed by atoms with Gasteiger partial charge in [-0.15, -0.1) is 0 Å². The molecule has 10 heteroatoms. The Kier molecular flexibility index (Phi) is 7.98. The second-order valence-electron chi connectivity index (χ2n) is 6.00. The van der Waals surface area contributed by atoms with Gasteiger partial charge >= 0.3 is 17.7 Å². The van der Waals surface area contributed by atoms with Crippen LogP contribution in [0.15, 0.2) is 59.5 Å². The quantitative estimate of drug-likeness (QED) is 0.285. The van der Waals surface area contributed by atoms with E-state index in [2.05, 4.69) is 0 Å². The minimum absolute atomic E-state index is 0.0195. The lowest BCUT2D eigenvalue weighted by molar-refractivity contribution is -0.387. The van der Waals surface area contributed by atoms with E-state index < -0.39 is 34.2 Å². The molecule has 2 rings (SSSR count). The Morgan fingerprint density at radius 2 is 1.79 bits per heavy atom. The highest BCUT2D eigenvalue weighted by Gasteiger charge is 2.33. The highest BCUT2D eigenvalue weighted by atomic mass is 32.2. The van der Waals surface area contributed by atoms with Gasteiger partial charge < -0.3 is 14.4 Å². The molecule has 1 amide bonds. The van der Waals surface area contributed by atoms with Gasteiger partial charge in [0.05, 0.1) is 12.0 Å². The van der Waals surface area contributed by atoms with Crippen molar-refractivity contribution in [2.45, 2.75) is 23.9 Å². The zero-order valence-corrected chi connectivity index (χ0v) is 16.4. The fraction of sp³-hybridized carbons (Fsp3) is 0.263. The van der Waals surface area contributed by atoms with E-state index in [9.17, 15) is 29.4 Å². The lowest BCUT2D eigenvalue weighted by Gasteiger charge is -2.27. The maximum absolute atomic E-state index is 12.6. The van der Waals surface area contributed by atoms with E-state index in [-0.39, 0.29) is 29.3 Å². The Balaban J connectivity index is 2.20. The van der Waals surface area contributed by atoms with Crippen molar-refractivity contribution in [2.24, 2.45) is 0 Å². The molecule has 1 unspecified atom stereocenters. The molecule has 0 heterocycles. The van der Waals surface area contributed by atoms with Crippen LogP contribution in [0.1, 0.15) is 12.0 Å². The Morgan fingerprint density at radius 1 is 1.17 bits per heavy atom. The molecule has 0 saturated carbocycles. The number of carbonyl (C=O) groups is 2. The van der Waals surface area contributed by atoms with Gasteiger partial charge in [-0.05, 0) is 16.7 Å². The molecular weight excluding hydrogens is 400 g/mol. The molecule has 0 aromatic heterocycles. The first-order chi connectivity index (χ1) is 13.8. The number of carboxylic acid groups (broad SMARTS) is 1. The van der Waals surface area contributed by atoms with E-state index in [0.717, 1.165) is 12.0 Å². The van der Waals surface area contributed by atoms with Gasteiger partial charge in [0.2, 0.25) is 4.90 Å². The Bertz CT molecular complexity index is 863. The minimum Gasteiger partial charge on any atom is -0.611 e. The van der Waals surface area contributed by atoms with Crippen LogP contribution in [0, 0.1) is 10.1 Å². The van der Waals surface area contributed by atoms with Crippen molar-refractivity contribution in [3.8, 4) is 0 Å². The van der Waals surface area contributed by atoms with E-state index in [1.54, 1.807) is 30.3 Å². The van der Waals surface area contributed by atoms with E-state index in [0.29, 0.717) is 5.56 Å². The predicted molar refractivity (Wildman–Crippen MR) is 105 cm³/mol. The Labute approximate surface area is 170 Å². The normalized spacial score (nSPS) is 12.6. The van der Waals surface area contributed by atoms with E-state index >= 15 is 0 Å². The zero-order chi connectivity index (χ0) is 21.4. The van der Waals surface area contributed by atoms with Crippen LogP contribution in [0.25, 0.3) is 0 Å². The molecule has 0 aliphatic heterocycles. The number of nitrogens with zero attached hydrogens (tertiary/aromatic N) is 2. The van der Waals surface area contributed by atoms with Crippen LogP contribution in [0.5, 0.6) is 0 Å². The van der Waals surface area contributed by atoms with Crippen LogP contribution in [0.3, 0.4) is 0 Å². The number of nitro groups is 1. The van der Waals surface area contributed by atoms with Crippen molar-refractivity contribution in [1.82, 2.24) is 4.90 Å². The molecule has 2 atom stereocenters. The molecule has 154 valence electrons. The SMILES string of the molecule is COC(=O)[C@H](CC[S+]([O-])c1ccccc1[N+](=O)[O-])N(Cc1ccccc1)C(=O)O. The number of benzene rings is 2. The zero-order valence-electron chi connectivity index (χ0n) is 15.6. The van der Waals surface area contributed by atoms with Crippen LogP contribution in [0.2, 0.25) is 0 Å². The molecule has 9 nitrogen and oxygen atoms in total. The summed E-state index contributed by atoms with van der Waals surface area (Å²) in [6.07, 6.45) is -1.45. The van der Waals surface area contributed by atoms with Crippen LogP contribution in [0.4, 0.5) is 10.5 Å². The maximum atomic E-state index is 12.6. The summed E-state index contributed by atoms with van der Waals surface area (Å²) in [7, 11) is 1.14. The Morgan fingerprint density at radius 3 is 2.38 bits per heavy atom. The van der Waals surface area contributed by atoms with E-state index in [4.69, 9.17) is 4.74 Å². The highest BCUT2D eigenvalue weighted by Crippen LogP contribution is 2.25. The number of amides is 1. The van der Waals surface area contributed by atoms with Crippen molar-refractivity contribution in [2.75, 3.05) is 12.9 Å². The van der Waals surface area contributed by atoms with E-state index in [1.165, 1.54) is 24.3 Å². The van der Waals surface area contributed by atoms with Gasteiger partial charge in [0.1, 0.15) is 11.8 Å². The third kappa shape index (κ3) is 5.93. The smallest absolute Gasteiger partial charge is 0.408 e. The summed E-state index contributed by atoms with van der Waals surface area (Å²) in [6, 6.07) is 13.1. The second-order valence-corrected chi connectivity index (χ2v) is 7.54. The van der Waals surface area contributed by atoms with Gasteiger partial charge in [-0.3, -0.25) is 15.0 Å². The summed E-state index contributed by atoms with van der Waals surface area (Å²) in [5.41, 5.74) is 0.378. The number of hydrogen-bond acceptors (Lipinski definition) is 6. The molecule has 0 aliphatic rings. The molecule has 0 aliphatic carbocycles. The summed E-state index contributed by atoms with van der Waals surface area (Å²) >= 11 is -1.80. The number of rotatable bonds is 9. The summed E-state index contributed by atoms with van der Waals surface area (Å²) in [5.74, 6) is -0.939. The monoisotopic (exact) mass is 420 g/mol. The van der Waals surface area contributed by atoms with Crippen molar-refractivity contribution < 1.29 is 28.9 Å². The minimum atomic E-state index is -1.80. The van der Waals surface area contributed by atoms with Crippen LogP contribution < -0.4 is 0 Å². The summed E-state index contributed by atoms with van der Waals surface area (Å²) in [4.78, 5) is 35.4. The van der Waals surface area contributed by atoms with Gasteiger partial charge in [-0.25, -0.2) is 9.59 Å². The molecular formula is C19H20N2O7S.